The second-order valence-electron chi connectivity index (χ2n) is 6.04. The van der Waals surface area contributed by atoms with E-state index in [1.165, 1.54) is 0 Å². The first-order chi connectivity index (χ1) is 15.5. The zero-order valence-electron chi connectivity index (χ0n) is 20.2. The number of amides is 1. The van der Waals surface area contributed by atoms with Crippen LogP contribution in [0.1, 0.15) is 50.4 Å². The van der Waals surface area contributed by atoms with Crippen LogP contribution in [0.4, 0.5) is 0 Å². The van der Waals surface area contributed by atoms with E-state index in [1.807, 2.05) is 45.9 Å². The topological polar surface area (TPSA) is 79.8 Å². The molecule has 2 aromatic rings. The van der Waals surface area contributed by atoms with Gasteiger partial charge in [0.1, 0.15) is 0 Å². The average Bonchev–Trinajstić information content (AvgIpc) is 2.85. The first-order valence-electron chi connectivity index (χ1n) is 10.6. The van der Waals surface area contributed by atoms with Crippen LogP contribution in [0.15, 0.2) is 30.3 Å². The maximum atomic E-state index is 12.3. The molecule has 1 aliphatic heterocycles. The molecule has 3 rings (SSSR count). The van der Waals surface area contributed by atoms with Crippen molar-refractivity contribution < 1.29 is 19.4 Å². The number of aliphatic hydroxyl groups excluding tert-OH is 1. The Morgan fingerprint density at radius 1 is 1.00 bits per heavy atom. The molecule has 0 aromatic heterocycles. The largest absolute Gasteiger partial charge is 0.493 e. The van der Waals surface area contributed by atoms with Crippen molar-refractivity contribution >= 4 is 29.1 Å². The van der Waals surface area contributed by atoms with Gasteiger partial charge >= 0.3 is 0 Å². The van der Waals surface area contributed by atoms with Crippen LogP contribution in [0, 0.1) is 0 Å². The molecule has 0 spiro atoms. The van der Waals surface area contributed by atoms with Gasteiger partial charge in [0.15, 0.2) is 11.5 Å². The fourth-order valence-corrected chi connectivity index (χ4v) is 3.81. The number of hydrogen-bond donors (Lipinski definition) is 3. The van der Waals surface area contributed by atoms with Gasteiger partial charge in [-0.2, -0.15) is 0 Å². The minimum Gasteiger partial charge on any atom is -0.493 e. The second-order valence-corrected chi connectivity index (χ2v) is 6.89. The molecule has 3 N–H and O–H groups in total. The van der Waals surface area contributed by atoms with Crippen LogP contribution in [0.3, 0.4) is 0 Å². The maximum absolute atomic E-state index is 12.3. The van der Waals surface area contributed by atoms with E-state index in [4.69, 9.17) is 37.8 Å². The molecule has 1 aliphatic rings. The van der Waals surface area contributed by atoms with Crippen molar-refractivity contribution in [2.24, 2.45) is 0 Å². The molecule has 32 heavy (non-hydrogen) atoms. The van der Waals surface area contributed by atoms with E-state index >= 15 is 0 Å². The Morgan fingerprint density at radius 2 is 1.56 bits per heavy atom. The number of carbonyl (C=O) groups excluding carboxylic acids is 1. The first kappa shape index (κ1) is 30.0. The lowest BCUT2D eigenvalue weighted by Crippen LogP contribution is -2.49. The second kappa shape index (κ2) is 15.8. The number of halogens is 2. The SMILES string of the molecule is CC.CC.CNC(=O)C1Cc2cc(OC)c(OC)cc2C(c2ccc(Cl)cc2Cl)N1.CO. The lowest BCUT2D eigenvalue weighted by molar-refractivity contribution is -0.122. The summed E-state index contributed by atoms with van der Waals surface area (Å²) in [5.74, 6) is 1.17. The first-order valence-corrected chi connectivity index (χ1v) is 11.4. The van der Waals surface area contributed by atoms with Crippen molar-refractivity contribution in [1.29, 1.82) is 0 Å². The zero-order valence-corrected chi connectivity index (χ0v) is 21.7. The number of methoxy groups -OCH3 is 2. The van der Waals surface area contributed by atoms with Crippen LogP contribution < -0.4 is 20.1 Å². The van der Waals surface area contributed by atoms with E-state index in [0.717, 1.165) is 23.8 Å². The number of carbonyl (C=O) groups is 1. The lowest BCUT2D eigenvalue weighted by Gasteiger charge is -2.33. The third-order valence-electron chi connectivity index (χ3n) is 4.58. The van der Waals surface area contributed by atoms with Gasteiger partial charge in [-0.3, -0.25) is 10.1 Å². The highest BCUT2D eigenvalue weighted by molar-refractivity contribution is 6.35. The van der Waals surface area contributed by atoms with Crippen LogP contribution in [0.25, 0.3) is 0 Å². The third-order valence-corrected chi connectivity index (χ3v) is 5.15. The van der Waals surface area contributed by atoms with Crippen molar-refractivity contribution in [3.05, 3.63) is 57.1 Å². The Labute approximate surface area is 202 Å². The van der Waals surface area contributed by atoms with Gasteiger partial charge < -0.3 is 19.9 Å². The number of aliphatic hydroxyl groups is 1. The van der Waals surface area contributed by atoms with Crippen molar-refractivity contribution in [3.8, 4) is 11.5 Å². The molecule has 1 amide bonds. The number of hydrogen-bond acceptors (Lipinski definition) is 5. The average molecular weight is 487 g/mol. The Morgan fingerprint density at radius 3 is 2.06 bits per heavy atom. The van der Waals surface area contributed by atoms with Gasteiger partial charge in [-0.1, -0.05) is 57.0 Å². The summed E-state index contributed by atoms with van der Waals surface area (Å²) in [4.78, 5) is 12.3. The number of fused-ring (bicyclic) bond motifs is 1. The Bertz CT molecular complexity index is 847. The highest BCUT2D eigenvalue weighted by atomic mass is 35.5. The van der Waals surface area contributed by atoms with Gasteiger partial charge in [-0.05, 0) is 47.4 Å². The molecular formula is C24H36Cl2N2O4. The predicted molar refractivity (Wildman–Crippen MR) is 133 cm³/mol. The van der Waals surface area contributed by atoms with Crippen LogP contribution in [0.5, 0.6) is 11.5 Å². The number of benzene rings is 2. The predicted octanol–water partition coefficient (Wildman–Crippen LogP) is 5.02. The smallest absolute Gasteiger partial charge is 0.237 e. The third kappa shape index (κ3) is 7.27. The minimum atomic E-state index is -0.387. The van der Waals surface area contributed by atoms with E-state index in [-0.39, 0.29) is 18.0 Å². The molecule has 1 heterocycles. The molecule has 8 heteroatoms. The number of nitrogens with one attached hydrogen (secondary N) is 2. The summed E-state index contributed by atoms with van der Waals surface area (Å²) in [5, 5.41) is 14.2. The zero-order chi connectivity index (χ0) is 24.8. The molecular weight excluding hydrogens is 451 g/mol. The molecule has 0 aliphatic carbocycles. The normalized spacial score (nSPS) is 15.8. The minimum absolute atomic E-state index is 0.0829. The fourth-order valence-electron chi connectivity index (χ4n) is 3.29. The monoisotopic (exact) mass is 486 g/mol. The fraction of sp³-hybridized carbons (Fsp3) is 0.458. The van der Waals surface area contributed by atoms with E-state index in [1.54, 1.807) is 33.4 Å². The summed E-state index contributed by atoms with van der Waals surface area (Å²) in [6.45, 7) is 8.00. The molecule has 0 saturated heterocycles. The summed E-state index contributed by atoms with van der Waals surface area (Å²) in [6.07, 6.45) is 0.539. The van der Waals surface area contributed by atoms with Gasteiger partial charge in [-0.15, -0.1) is 0 Å². The van der Waals surface area contributed by atoms with E-state index in [2.05, 4.69) is 10.6 Å². The number of likely N-dealkylation sites (N-methyl/N-ethyl adjacent to an activating group) is 1. The molecule has 0 fully saturated rings. The molecule has 2 atom stereocenters. The summed E-state index contributed by atoms with van der Waals surface area (Å²) in [6, 6.07) is 8.54. The summed E-state index contributed by atoms with van der Waals surface area (Å²) in [5.41, 5.74) is 2.84. The molecule has 180 valence electrons. The van der Waals surface area contributed by atoms with Crippen LogP contribution in [-0.2, 0) is 11.2 Å². The van der Waals surface area contributed by atoms with Gasteiger partial charge in [0.25, 0.3) is 0 Å². The van der Waals surface area contributed by atoms with Crippen LogP contribution in [-0.4, -0.2) is 45.4 Å². The van der Waals surface area contributed by atoms with Crippen molar-refractivity contribution in [3.63, 3.8) is 0 Å². The summed E-state index contributed by atoms with van der Waals surface area (Å²) >= 11 is 12.5. The van der Waals surface area contributed by atoms with Gasteiger partial charge in [0, 0.05) is 24.2 Å². The number of ether oxygens (including phenoxy) is 2. The molecule has 6 nitrogen and oxygen atoms in total. The van der Waals surface area contributed by atoms with Gasteiger partial charge in [0.05, 0.1) is 26.3 Å². The summed E-state index contributed by atoms with van der Waals surface area (Å²) < 4.78 is 10.9. The Hall–Kier alpha value is -1.99. The van der Waals surface area contributed by atoms with Crippen molar-refractivity contribution in [1.82, 2.24) is 10.6 Å². The van der Waals surface area contributed by atoms with Gasteiger partial charge in [0.2, 0.25) is 5.91 Å². The Kier molecular flexibility index (Phi) is 14.8. The molecule has 0 saturated carbocycles. The van der Waals surface area contributed by atoms with E-state index < -0.39 is 0 Å². The molecule has 0 bridgehead atoms. The van der Waals surface area contributed by atoms with Crippen molar-refractivity contribution in [2.75, 3.05) is 28.4 Å². The van der Waals surface area contributed by atoms with Crippen LogP contribution in [0.2, 0.25) is 10.0 Å². The van der Waals surface area contributed by atoms with Gasteiger partial charge in [-0.25, -0.2) is 0 Å². The van der Waals surface area contributed by atoms with Crippen molar-refractivity contribution in [2.45, 2.75) is 46.2 Å². The Balaban J connectivity index is 0.00000148. The van der Waals surface area contributed by atoms with E-state index in [0.29, 0.717) is 28.0 Å². The quantitative estimate of drug-likeness (QED) is 0.565. The maximum Gasteiger partial charge on any atom is 0.237 e. The molecule has 0 radical (unpaired) electrons. The summed E-state index contributed by atoms with van der Waals surface area (Å²) in [7, 11) is 5.81. The highest BCUT2D eigenvalue weighted by Gasteiger charge is 2.33. The highest BCUT2D eigenvalue weighted by Crippen LogP contribution is 2.40. The number of rotatable bonds is 4. The van der Waals surface area contributed by atoms with Crippen LogP contribution >= 0.6 is 23.2 Å². The standard InChI is InChI=1S/C19H20Cl2N2O3.2C2H6.CH4O/c1-22-19(24)15-6-10-7-16(25-2)17(26-3)9-13(10)18(23-15)12-5-4-11(20)8-14(12)21;3*1-2/h4-5,7-9,15,18,23H,6H2,1-3H3,(H,22,24);2*1-2H3;2H,1H3. The molecule has 2 aromatic carbocycles. The molecule has 2 unspecified atom stereocenters. The lowest BCUT2D eigenvalue weighted by atomic mass is 9.86. The van der Waals surface area contributed by atoms with E-state index in [9.17, 15) is 4.79 Å².